The number of hydrogen-bond donors (Lipinski definition) is 2. The molecule has 2 aromatic heterocycles. The fourth-order valence-electron chi connectivity index (χ4n) is 2.93. The number of carbonyl (C=O) groups is 1. The van der Waals surface area contributed by atoms with E-state index < -0.39 is 5.97 Å². The summed E-state index contributed by atoms with van der Waals surface area (Å²) in [5.41, 5.74) is 2.04. The molecule has 4 rings (SSSR count). The number of para-hydroxylation sites is 1. The van der Waals surface area contributed by atoms with Crippen LogP contribution < -0.4 is 5.56 Å². The van der Waals surface area contributed by atoms with E-state index in [-0.39, 0.29) is 11.1 Å². The van der Waals surface area contributed by atoms with Crippen LogP contribution in [-0.4, -0.2) is 20.6 Å². The Morgan fingerprint density at radius 2 is 1.95 bits per heavy atom. The van der Waals surface area contributed by atoms with Crippen molar-refractivity contribution in [1.29, 1.82) is 0 Å². The molecule has 5 heteroatoms. The molecular weight excluding hydrogens is 280 g/mol. The number of carboxylic acid groups (broad SMARTS) is 1. The third-order valence-corrected chi connectivity index (χ3v) is 4.15. The van der Waals surface area contributed by atoms with Crippen molar-refractivity contribution in [2.75, 3.05) is 0 Å². The van der Waals surface area contributed by atoms with Crippen molar-refractivity contribution in [2.45, 2.75) is 18.8 Å². The number of nitrogens with zero attached hydrogens (tertiary/aromatic N) is 1. The zero-order chi connectivity index (χ0) is 15.3. The van der Waals surface area contributed by atoms with Gasteiger partial charge in [0.1, 0.15) is 5.52 Å². The minimum Gasteiger partial charge on any atom is -0.478 e. The topological polar surface area (TPSA) is 75.1 Å². The number of carboxylic acids is 1. The number of aromatic nitrogens is 2. The fraction of sp³-hybridized carbons (Fsp3) is 0.176. The Labute approximate surface area is 125 Å². The van der Waals surface area contributed by atoms with E-state index in [4.69, 9.17) is 0 Å². The highest BCUT2D eigenvalue weighted by Crippen LogP contribution is 2.43. The van der Waals surface area contributed by atoms with Crippen LogP contribution in [0.15, 0.2) is 47.5 Å². The van der Waals surface area contributed by atoms with Crippen LogP contribution in [0.4, 0.5) is 0 Å². The van der Waals surface area contributed by atoms with Crippen LogP contribution >= 0.6 is 0 Å². The van der Waals surface area contributed by atoms with E-state index in [9.17, 15) is 14.7 Å². The third-order valence-electron chi connectivity index (χ3n) is 4.15. The molecule has 1 aliphatic rings. The molecule has 22 heavy (non-hydrogen) atoms. The molecule has 0 unspecified atom stereocenters. The lowest BCUT2D eigenvalue weighted by molar-refractivity contribution is 0.0699. The zero-order valence-electron chi connectivity index (χ0n) is 11.7. The lowest BCUT2D eigenvalue weighted by atomic mass is 10.0. The fourth-order valence-corrected chi connectivity index (χ4v) is 2.93. The number of H-pyrrole nitrogens is 1. The van der Waals surface area contributed by atoms with Crippen LogP contribution in [0.5, 0.6) is 0 Å². The number of aromatic amines is 1. The number of nitrogens with one attached hydrogen (secondary N) is 1. The van der Waals surface area contributed by atoms with Gasteiger partial charge in [0, 0.05) is 23.5 Å². The van der Waals surface area contributed by atoms with Crippen LogP contribution in [0.1, 0.15) is 34.7 Å². The van der Waals surface area contributed by atoms with E-state index in [1.165, 1.54) is 6.20 Å². The average molecular weight is 294 g/mol. The standard InChI is InChI=1S/C17H14N2O3/c20-16-15-14(12(8-18-15)17(21)22)13(10-6-7-10)9-19(16)11-4-2-1-3-5-11/h1-5,8-10,18H,6-7H2,(H,21,22). The van der Waals surface area contributed by atoms with E-state index in [1.54, 1.807) is 10.8 Å². The predicted molar refractivity (Wildman–Crippen MR) is 82.8 cm³/mol. The minimum absolute atomic E-state index is 0.175. The summed E-state index contributed by atoms with van der Waals surface area (Å²) >= 11 is 0. The summed E-state index contributed by atoms with van der Waals surface area (Å²) in [4.78, 5) is 27.0. The van der Waals surface area contributed by atoms with Crippen molar-refractivity contribution in [3.8, 4) is 5.69 Å². The lowest BCUT2D eigenvalue weighted by Crippen LogP contribution is -2.19. The second kappa shape index (κ2) is 4.59. The SMILES string of the molecule is O=C(O)c1c[nH]c2c(=O)n(-c3ccccc3)cc(C3CC3)c12. The Balaban J connectivity index is 2.08. The maximum absolute atomic E-state index is 12.7. The Kier molecular flexibility index (Phi) is 2.69. The number of pyridine rings is 1. The highest BCUT2D eigenvalue weighted by atomic mass is 16.4. The molecule has 0 bridgehead atoms. The molecule has 3 aromatic rings. The van der Waals surface area contributed by atoms with Crippen LogP contribution in [-0.2, 0) is 0 Å². The first-order valence-corrected chi connectivity index (χ1v) is 7.22. The van der Waals surface area contributed by atoms with Gasteiger partial charge >= 0.3 is 5.97 Å². The summed E-state index contributed by atoms with van der Waals surface area (Å²) in [5, 5.41) is 9.91. The first-order valence-electron chi connectivity index (χ1n) is 7.22. The summed E-state index contributed by atoms with van der Waals surface area (Å²) in [7, 11) is 0. The van der Waals surface area contributed by atoms with Gasteiger partial charge in [0.05, 0.1) is 5.56 Å². The number of fused-ring (bicyclic) bond motifs is 1. The van der Waals surface area contributed by atoms with Gasteiger partial charge in [-0.25, -0.2) is 4.79 Å². The van der Waals surface area contributed by atoms with Gasteiger partial charge in [0.25, 0.3) is 5.56 Å². The van der Waals surface area contributed by atoms with Crippen LogP contribution in [0.2, 0.25) is 0 Å². The predicted octanol–water partition coefficient (Wildman–Crippen LogP) is 2.89. The maximum Gasteiger partial charge on any atom is 0.337 e. The Hall–Kier alpha value is -2.82. The van der Waals surface area contributed by atoms with Crippen molar-refractivity contribution in [1.82, 2.24) is 9.55 Å². The van der Waals surface area contributed by atoms with E-state index in [2.05, 4.69) is 4.98 Å². The number of benzene rings is 1. The normalized spacial score (nSPS) is 14.4. The molecule has 1 aliphatic carbocycles. The van der Waals surface area contributed by atoms with Crippen molar-refractivity contribution >= 4 is 16.9 Å². The first kappa shape index (κ1) is 12.9. The van der Waals surface area contributed by atoms with Gasteiger partial charge in [0.15, 0.2) is 0 Å². The average Bonchev–Trinajstić information content (AvgIpc) is 3.26. The van der Waals surface area contributed by atoms with Gasteiger partial charge in [-0.05, 0) is 36.5 Å². The molecule has 0 spiro atoms. The summed E-state index contributed by atoms with van der Waals surface area (Å²) in [6, 6.07) is 9.38. The Morgan fingerprint density at radius 1 is 1.23 bits per heavy atom. The molecule has 0 saturated heterocycles. The van der Waals surface area contributed by atoms with Crippen molar-refractivity contribution in [3.05, 3.63) is 64.2 Å². The molecule has 0 aliphatic heterocycles. The van der Waals surface area contributed by atoms with E-state index >= 15 is 0 Å². The van der Waals surface area contributed by atoms with Gasteiger partial charge in [-0.2, -0.15) is 0 Å². The number of rotatable bonds is 3. The summed E-state index contributed by atoms with van der Waals surface area (Å²) in [6.45, 7) is 0. The molecule has 0 radical (unpaired) electrons. The van der Waals surface area contributed by atoms with Gasteiger partial charge in [-0.3, -0.25) is 9.36 Å². The van der Waals surface area contributed by atoms with Gasteiger partial charge in [-0.1, -0.05) is 18.2 Å². The number of hydrogen-bond acceptors (Lipinski definition) is 2. The van der Waals surface area contributed by atoms with Gasteiger partial charge in [-0.15, -0.1) is 0 Å². The summed E-state index contributed by atoms with van der Waals surface area (Å²) in [6.07, 6.45) is 5.28. The van der Waals surface area contributed by atoms with E-state index in [1.807, 2.05) is 30.3 Å². The molecule has 0 atom stereocenters. The first-order chi connectivity index (χ1) is 10.7. The molecule has 1 fully saturated rings. The molecular formula is C17H14N2O3. The quantitative estimate of drug-likeness (QED) is 0.780. The van der Waals surface area contributed by atoms with Crippen molar-refractivity contribution in [2.24, 2.45) is 0 Å². The molecule has 5 nitrogen and oxygen atoms in total. The molecule has 2 N–H and O–H groups in total. The Morgan fingerprint density at radius 3 is 2.59 bits per heavy atom. The molecule has 1 aromatic carbocycles. The summed E-state index contributed by atoms with van der Waals surface area (Å²) in [5.74, 6) is -0.669. The molecule has 1 saturated carbocycles. The van der Waals surface area contributed by atoms with Crippen LogP contribution in [0.3, 0.4) is 0 Å². The van der Waals surface area contributed by atoms with Gasteiger partial charge in [0.2, 0.25) is 0 Å². The lowest BCUT2D eigenvalue weighted by Gasteiger charge is -2.10. The highest BCUT2D eigenvalue weighted by molar-refractivity contribution is 6.04. The largest absolute Gasteiger partial charge is 0.478 e. The maximum atomic E-state index is 12.7. The second-order valence-electron chi connectivity index (χ2n) is 5.63. The second-order valence-corrected chi connectivity index (χ2v) is 5.63. The third kappa shape index (κ3) is 1.86. The van der Waals surface area contributed by atoms with Crippen molar-refractivity contribution in [3.63, 3.8) is 0 Å². The monoisotopic (exact) mass is 294 g/mol. The minimum atomic E-state index is -1.01. The summed E-state index contributed by atoms with van der Waals surface area (Å²) < 4.78 is 1.60. The number of aromatic carboxylic acids is 1. The zero-order valence-corrected chi connectivity index (χ0v) is 11.7. The molecule has 2 heterocycles. The Bertz CT molecular complexity index is 934. The van der Waals surface area contributed by atoms with Crippen LogP contribution in [0, 0.1) is 0 Å². The van der Waals surface area contributed by atoms with E-state index in [0.29, 0.717) is 16.8 Å². The highest BCUT2D eigenvalue weighted by Gasteiger charge is 2.30. The van der Waals surface area contributed by atoms with Crippen molar-refractivity contribution < 1.29 is 9.90 Å². The smallest absolute Gasteiger partial charge is 0.337 e. The van der Waals surface area contributed by atoms with Gasteiger partial charge < -0.3 is 10.1 Å². The van der Waals surface area contributed by atoms with Crippen LogP contribution in [0.25, 0.3) is 16.6 Å². The van der Waals surface area contributed by atoms with E-state index in [0.717, 1.165) is 24.1 Å². The molecule has 0 amide bonds. The molecule has 110 valence electrons.